The Kier molecular flexibility index (Phi) is 3.96. The summed E-state index contributed by atoms with van der Waals surface area (Å²) in [7, 11) is 4.75. The van der Waals surface area contributed by atoms with Crippen LogP contribution < -0.4 is 14.2 Å². The summed E-state index contributed by atoms with van der Waals surface area (Å²) in [5, 5.41) is 0. The van der Waals surface area contributed by atoms with Gasteiger partial charge in [-0.25, -0.2) is 0 Å². The third kappa shape index (κ3) is 2.30. The number of carbonyl (C=O) groups excluding carboxylic acids is 1. The fourth-order valence-electron chi connectivity index (χ4n) is 3.37. The Morgan fingerprint density at radius 2 is 1.77 bits per heavy atom. The first-order chi connectivity index (χ1) is 10.7. The maximum atomic E-state index is 12.1. The lowest BCUT2D eigenvalue weighted by molar-refractivity contribution is -0.141. The van der Waals surface area contributed by atoms with Crippen molar-refractivity contribution in [2.45, 2.75) is 12.3 Å². The smallest absolute Gasteiger partial charge is 0.310 e. The van der Waals surface area contributed by atoms with Crippen molar-refractivity contribution in [3.8, 4) is 17.2 Å². The van der Waals surface area contributed by atoms with Crippen molar-refractivity contribution in [1.29, 1.82) is 0 Å². The van der Waals surface area contributed by atoms with Crippen molar-refractivity contribution in [1.82, 2.24) is 0 Å². The van der Waals surface area contributed by atoms with E-state index in [4.69, 9.17) is 18.9 Å². The van der Waals surface area contributed by atoms with E-state index >= 15 is 0 Å². The number of benzene rings is 1. The molecule has 1 aromatic carbocycles. The topological polar surface area (TPSA) is 54.0 Å². The largest absolute Gasteiger partial charge is 0.493 e. The Hall–Kier alpha value is -2.17. The second kappa shape index (κ2) is 5.91. The molecule has 22 heavy (non-hydrogen) atoms. The minimum absolute atomic E-state index is 0.0255. The van der Waals surface area contributed by atoms with E-state index in [0.29, 0.717) is 23.9 Å². The molecule has 1 aliphatic carbocycles. The SMILES string of the molecule is COc1cc([C@H]2C=CC[C@@H]3COC(=O)[C@H]32)cc(OC)c1OC. The van der Waals surface area contributed by atoms with E-state index in [9.17, 15) is 4.79 Å². The maximum absolute atomic E-state index is 12.1. The highest BCUT2D eigenvalue weighted by Gasteiger charge is 2.43. The maximum Gasteiger partial charge on any atom is 0.310 e. The Labute approximate surface area is 129 Å². The van der Waals surface area contributed by atoms with Crippen LogP contribution in [0.2, 0.25) is 0 Å². The van der Waals surface area contributed by atoms with Crippen molar-refractivity contribution < 1.29 is 23.7 Å². The molecule has 2 aliphatic rings. The summed E-state index contributed by atoms with van der Waals surface area (Å²) < 4.78 is 21.4. The molecule has 0 saturated carbocycles. The van der Waals surface area contributed by atoms with Gasteiger partial charge in [-0.3, -0.25) is 4.79 Å². The summed E-state index contributed by atoms with van der Waals surface area (Å²) in [5.41, 5.74) is 0.972. The lowest BCUT2D eigenvalue weighted by Gasteiger charge is -2.27. The van der Waals surface area contributed by atoms with Gasteiger partial charge in [0, 0.05) is 11.8 Å². The van der Waals surface area contributed by atoms with E-state index in [2.05, 4.69) is 12.2 Å². The molecular weight excluding hydrogens is 284 g/mol. The molecule has 5 heteroatoms. The molecule has 0 radical (unpaired) electrons. The Bertz CT molecular complexity index is 582. The second-order valence-corrected chi connectivity index (χ2v) is 5.56. The summed E-state index contributed by atoms with van der Waals surface area (Å²) in [6.07, 6.45) is 5.09. The molecule has 0 bridgehead atoms. The van der Waals surface area contributed by atoms with Crippen LogP contribution in [0.5, 0.6) is 17.2 Å². The number of ether oxygens (including phenoxy) is 4. The number of methoxy groups -OCH3 is 3. The zero-order chi connectivity index (χ0) is 15.7. The molecule has 0 unspecified atom stereocenters. The van der Waals surface area contributed by atoms with Crippen LogP contribution in [0.15, 0.2) is 24.3 Å². The molecule has 5 nitrogen and oxygen atoms in total. The molecule has 1 saturated heterocycles. The van der Waals surface area contributed by atoms with Gasteiger partial charge in [-0.15, -0.1) is 0 Å². The third-order valence-electron chi connectivity index (χ3n) is 4.46. The number of fused-ring (bicyclic) bond motifs is 1. The summed E-state index contributed by atoms with van der Waals surface area (Å²) in [4.78, 5) is 12.1. The summed E-state index contributed by atoms with van der Waals surface area (Å²) >= 11 is 0. The van der Waals surface area contributed by atoms with Crippen molar-refractivity contribution in [3.63, 3.8) is 0 Å². The molecule has 1 fully saturated rings. The molecule has 1 heterocycles. The van der Waals surface area contributed by atoms with E-state index in [0.717, 1.165) is 12.0 Å². The van der Waals surface area contributed by atoms with Crippen LogP contribution >= 0.6 is 0 Å². The first-order valence-corrected chi connectivity index (χ1v) is 7.32. The van der Waals surface area contributed by atoms with Crippen molar-refractivity contribution in [2.75, 3.05) is 27.9 Å². The van der Waals surface area contributed by atoms with Crippen LogP contribution in [-0.4, -0.2) is 33.9 Å². The fraction of sp³-hybridized carbons (Fsp3) is 0.471. The van der Waals surface area contributed by atoms with Crippen LogP contribution in [0.25, 0.3) is 0 Å². The average molecular weight is 304 g/mol. The number of hydrogen-bond acceptors (Lipinski definition) is 5. The second-order valence-electron chi connectivity index (χ2n) is 5.56. The molecule has 0 amide bonds. The van der Waals surface area contributed by atoms with E-state index < -0.39 is 0 Å². The first-order valence-electron chi connectivity index (χ1n) is 7.32. The number of carbonyl (C=O) groups is 1. The van der Waals surface area contributed by atoms with E-state index in [1.165, 1.54) is 0 Å². The van der Waals surface area contributed by atoms with Gasteiger partial charge in [0.2, 0.25) is 5.75 Å². The van der Waals surface area contributed by atoms with Crippen molar-refractivity contribution in [2.24, 2.45) is 11.8 Å². The number of cyclic esters (lactones) is 1. The highest BCUT2D eigenvalue weighted by Crippen LogP contribution is 2.46. The van der Waals surface area contributed by atoms with Crippen LogP contribution in [0, 0.1) is 11.8 Å². The van der Waals surface area contributed by atoms with Crippen LogP contribution in [0.1, 0.15) is 17.9 Å². The molecule has 1 aromatic rings. The van der Waals surface area contributed by atoms with E-state index in [1.807, 2.05) is 12.1 Å². The van der Waals surface area contributed by atoms with Crippen molar-refractivity contribution in [3.05, 3.63) is 29.8 Å². The van der Waals surface area contributed by atoms with Gasteiger partial charge >= 0.3 is 5.97 Å². The number of esters is 1. The monoisotopic (exact) mass is 304 g/mol. The minimum atomic E-state index is -0.132. The molecule has 3 rings (SSSR count). The Morgan fingerprint density at radius 1 is 1.09 bits per heavy atom. The first kappa shape index (κ1) is 14.8. The highest BCUT2D eigenvalue weighted by atomic mass is 16.5. The quantitative estimate of drug-likeness (QED) is 0.632. The zero-order valence-electron chi connectivity index (χ0n) is 13.0. The minimum Gasteiger partial charge on any atom is -0.493 e. The Morgan fingerprint density at radius 3 is 2.36 bits per heavy atom. The molecule has 0 spiro atoms. The molecule has 3 atom stereocenters. The number of hydrogen-bond donors (Lipinski definition) is 0. The summed E-state index contributed by atoms with van der Waals surface area (Å²) in [6, 6.07) is 3.81. The third-order valence-corrected chi connectivity index (χ3v) is 4.46. The lowest BCUT2D eigenvalue weighted by atomic mass is 9.74. The van der Waals surface area contributed by atoms with Crippen LogP contribution in [0.3, 0.4) is 0 Å². The molecule has 0 N–H and O–H groups in total. The molecule has 118 valence electrons. The van der Waals surface area contributed by atoms with Gasteiger partial charge in [0.05, 0.1) is 33.9 Å². The normalized spacial score (nSPS) is 26.3. The summed E-state index contributed by atoms with van der Waals surface area (Å²) in [6.45, 7) is 0.509. The molecule has 1 aliphatic heterocycles. The summed E-state index contributed by atoms with van der Waals surface area (Å²) in [5.74, 6) is 1.72. The highest BCUT2D eigenvalue weighted by molar-refractivity contribution is 5.77. The Balaban J connectivity index is 2.05. The fourth-order valence-corrected chi connectivity index (χ4v) is 3.37. The van der Waals surface area contributed by atoms with E-state index in [1.54, 1.807) is 21.3 Å². The lowest BCUT2D eigenvalue weighted by Crippen LogP contribution is -2.25. The van der Waals surface area contributed by atoms with Crippen LogP contribution in [0.4, 0.5) is 0 Å². The standard InChI is InChI=1S/C17H20O5/c1-19-13-7-11(8-14(20-2)16(13)21-3)12-6-4-5-10-9-22-17(18)15(10)12/h4,6-8,10,12,15H,5,9H2,1-3H3/t10-,12-,15-/m1/s1. The van der Waals surface area contributed by atoms with Gasteiger partial charge in [-0.1, -0.05) is 12.2 Å². The predicted octanol–water partition coefficient (Wildman–Crippen LogP) is 2.55. The zero-order valence-corrected chi connectivity index (χ0v) is 13.0. The van der Waals surface area contributed by atoms with E-state index in [-0.39, 0.29) is 23.7 Å². The average Bonchev–Trinajstić information content (AvgIpc) is 2.94. The predicted molar refractivity (Wildman–Crippen MR) is 80.5 cm³/mol. The van der Waals surface area contributed by atoms with Gasteiger partial charge in [0.1, 0.15) is 0 Å². The van der Waals surface area contributed by atoms with Gasteiger partial charge in [-0.2, -0.15) is 0 Å². The number of rotatable bonds is 4. The van der Waals surface area contributed by atoms with Gasteiger partial charge < -0.3 is 18.9 Å². The molecule has 0 aromatic heterocycles. The van der Waals surface area contributed by atoms with Crippen LogP contribution in [-0.2, 0) is 9.53 Å². The van der Waals surface area contributed by atoms with Gasteiger partial charge in [-0.05, 0) is 24.1 Å². The van der Waals surface area contributed by atoms with Gasteiger partial charge in [0.25, 0.3) is 0 Å². The molecular formula is C17H20O5. The van der Waals surface area contributed by atoms with Gasteiger partial charge in [0.15, 0.2) is 11.5 Å². The number of allylic oxidation sites excluding steroid dienone is 2. The van der Waals surface area contributed by atoms with Crippen molar-refractivity contribution >= 4 is 5.97 Å².